The Balaban J connectivity index is 1.56. The van der Waals surface area contributed by atoms with Gasteiger partial charge in [-0.2, -0.15) is 0 Å². The topological polar surface area (TPSA) is 92.8 Å². The number of nitrogens with zero attached hydrogens (tertiary/aromatic N) is 5. The summed E-state index contributed by atoms with van der Waals surface area (Å²) in [6, 6.07) is 20.2. The highest BCUT2D eigenvalue weighted by molar-refractivity contribution is 5.79. The van der Waals surface area contributed by atoms with Gasteiger partial charge in [0.1, 0.15) is 12.3 Å². The number of rotatable bonds is 9. The van der Waals surface area contributed by atoms with E-state index in [0.29, 0.717) is 25.2 Å². The van der Waals surface area contributed by atoms with Crippen LogP contribution in [-0.4, -0.2) is 30.1 Å². The van der Waals surface area contributed by atoms with Crippen molar-refractivity contribution in [3.05, 3.63) is 111 Å². The Kier molecular flexibility index (Phi) is 7.01. The SMILES string of the molecule is Cc1ccc(CN(Cc2cc3cc(C)ccc3[nH]c2=O)[C@H](c2nnnn2Cc2ccco2)C(C)C)cc1. The maximum absolute atomic E-state index is 13.2. The number of H-pyrrole nitrogens is 1. The van der Waals surface area contributed by atoms with E-state index >= 15 is 0 Å². The summed E-state index contributed by atoms with van der Waals surface area (Å²) in [6.07, 6.45) is 1.65. The number of hydrogen-bond donors (Lipinski definition) is 1. The van der Waals surface area contributed by atoms with Gasteiger partial charge in [0.25, 0.3) is 5.56 Å². The third kappa shape index (κ3) is 5.54. The fraction of sp³-hybridized carbons (Fsp3) is 0.310. The van der Waals surface area contributed by atoms with E-state index in [1.54, 1.807) is 10.9 Å². The van der Waals surface area contributed by atoms with Crippen LogP contribution in [0.5, 0.6) is 0 Å². The van der Waals surface area contributed by atoms with Gasteiger partial charge >= 0.3 is 0 Å². The quantitative estimate of drug-likeness (QED) is 0.303. The first-order chi connectivity index (χ1) is 17.9. The van der Waals surface area contributed by atoms with Crippen LogP contribution in [-0.2, 0) is 19.6 Å². The lowest BCUT2D eigenvalue weighted by Gasteiger charge is -2.33. The van der Waals surface area contributed by atoms with Crippen LogP contribution in [0, 0.1) is 19.8 Å². The maximum atomic E-state index is 13.2. The van der Waals surface area contributed by atoms with E-state index in [1.807, 2.05) is 30.3 Å². The fourth-order valence-corrected chi connectivity index (χ4v) is 4.86. The smallest absolute Gasteiger partial charge is 0.252 e. The van der Waals surface area contributed by atoms with Gasteiger partial charge in [0.15, 0.2) is 5.82 Å². The van der Waals surface area contributed by atoms with Crippen molar-refractivity contribution in [3.63, 3.8) is 0 Å². The molecule has 0 aliphatic heterocycles. The molecule has 0 saturated heterocycles. The highest BCUT2D eigenvalue weighted by Crippen LogP contribution is 2.30. The van der Waals surface area contributed by atoms with Gasteiger partial charge in [-0.05, 0) is 71.5 Å². The molecule has 0 saturated carbocycles. The zero-order valence-electron chi connectivity index (χ0n) is 21.7. The summed E-state index contributed by atoms with van der Waals surface area (Å²) >= 11 is 0. The van der Waals surface area contributed by atoms with Crippen LogP contribution in [0.15, 0.2) is 76.1 Å². The van der Waals surface area contributed by atoms with E-state index in [-0.39, 0.29) is 17.5 Å². The van der Waals surface area contributed by atoms with Gasteiger partial charge in [0, 0.05) is 24.2 Å². The number of aromatic nitrogens is 5. The summed E-state index contributed by atoms with van der Waals surface area (Å²) < 4.78 is 7.35. The molecule has 2 aromatic carbocycles. The molecule has 0 amide bonds. The summed E-state index contributed by atoms with van der Waals surface area (Å²) in [6.45, 7) is 9.98. The van der Waals surface area contributed by atoms with Gasteiger partial charge in [-0.25, -0.2) is 4.68 Å². The molecule has 0 aliphatic carbocycles. The second-order valence-corrected chi connectivity index (χ2v) is 10.1. The van der Waals surface area contributed by atoms with Crippen molar-refractivity contribution < 1.29 is 4.42 Å². The number of pyridine rings is 1. The van der Waals surface area contributed by atoms with Crippen molar-refractivity contribution in [2.24, 2.45) is 5.92 Å². The maximum Gasteiger partial charge on any atom is 0.252 e. The summed E-state index contributed by atoms with van der Waals surface area (Å²) in [5, 5.41) is 13.8. The molecule has 3 aromatic heterocycles. The molecule has 3 heterocycles. The van der Waals surface area contributed by atoms with Crippen LogP contribution < -0.4 is 5.56 Å². The van der Waals surface area contributed by atoms with Gasteiger partial charge in [0.2, 0.25) is 0 Å². The largest absolute Gasteiger partial charge is 0.467 e. The summed E-state index contributed by atoms with van der Waals surface area (Å²) in [7, 11) is 0. The van der Waals surface area contributed by atoms with E-state index in [4.69, 9.17) is 4.42 Å². The number of furan rings is 1. The Bertz CT molecular complexity index is 1530. The molecule has 0 spiro atoms. The van der Waals surface area contributed by atoms with Crippen molar-refractivity contribution in [2.75, 3.05) is 0 Å². The zero-order chi connectivity index (χ0) is 25.9. The standard InChI is InChI=1S/C29H32N6O2/c1-19(2)27(28-31-32-33-35(28)18-25-6-5-13-37-25)34(16-22-10-7-20(3)8-11-22)17-24-15-23-14-21(4)9-12-26(23)30-29(24)36/h5-15,19,27H,16-18H2,1-4H3,(H,30,36)/t27-/m0/s1. The lowest BCUT2D eigenvalue weighted by atomic mass is 9.99. The first-order valence-electron chi connectivity index (χ1n) is 12.6. The van der Waals surface area contributed by atoms with Crippen LogP contribution in [0.2, 0.25) is 0 Å². The zero-order valence-corrected chi connectivity index (χ0v) is 21.7. The van der Waals surface area contributed by atoms with Crippen molar-refractivity contribution in [1.82, 2.24) is 30.1 Å². The monoisotopic (exact) mass is 496 g/mol. The molecule has 5 aromatic rings. The Hall–Kier alpha value is -4.04. The molecule has 8 nitrogen and oxygen atoms in total. The van der Waals surface area contributed by atoms with Gasteiger partial charge in [-0.3, -0.25) is 9.69 Å². The average molecular weight is 497 g/mol. The first-order valence-corrected chi connectivity index (χ1v) is 12.6. The molecule has 0 radical (unpaired) electrons. The highest BCUT2D eigenvalue weighted by atomic mass is 16.3. The van der Waals surface area contributed by atoms with E-state index in [2.05, 4.69) is 83.4 Å². The van der Waals surface area contributed by atoms with Crippen molar-refractivity contribution in [2.45, 2.75) is 53.4 Å². The molecule has 5 rings (SSSR count). The second-order valence-electron chi connectivity index (χ2n) is 10.1. The Morgan fingerprint density at radius 2 is 1.78 bits per heavy atom. The lowest BCUT2D eigenvalue weighted by Crippen LogP contribution is -2.35. The molecule has 0 bridgehead atoms. The van der Waals surface area contributed by atoms with E-state index in [9.17, 15) is 4.79 Å². The van der Waals surface area contributed by atoms with Crippen LogP contribution in [0.3, 0.4) is 0 Å². The van der Waals surface area contributed by atoms with Gasteiger partial charge in [-0.15, -0.1) is 5.10 Å². The third-order valence-electron chi connectivity index (χ3n) is 6.69. The number of aromatic amines is 1. The van der Waals surface area contributed by atoms with Crippen LogP contribution in [0.25, 0.3) is 10.9 Å². The summed E-state index contributed by atoms with van der Waals surface area (Å²) in [5.41, 5.74) is 4.99. The molecule has 190 valence electrons. The molecule has 0 aliphatic rings. The summed E-state index contributed by atoms with van der Waals surface area (Å²) in [5.74, 6) is 1.70. The first kappa shape index (κ1) is 24.6. The van der Waals surface area contributed by atoms with Crippen molar-refractivity contribution in [3.8, 4) is 0 Å². The Labute approximate surface area is 215 Å². The minimum absolute atomic E-state index is 0.0806. The molecule has 0 unspecified atom stereocenters. The minimum atomic E-state index is -0.140. The average Bonchev–Trinajstić information content (AvgIpc) is 3.54. The molecule has 1 atom stereocenters. The van der Waals surface area contributed by atoms with Gasteiger partial charge < -0.3 is 9.40 Å². The van der Waals surface area contributed by atoms with Crippen molar-refractivity contribution in [1.29, 1.82) is 0 Å². The number of tetrazole rings is 1. The minimum Gasteiger partial charge on any atom is -0.467 e. The van der Waals surface area contributed by atoms with E-state index in [1.165, 1.54) is 5.56 Å². The lowest BCUT2D eigenvalue weighted by molar-refractivity contribution is 0.125. The van der Waals surface area contributed by atoms with Crippen LogP contribution in [0.4, 0.5) is 0 Å². The van der Waals surface area contributed by atoms with Crippen LogP contribution in [0.1, 0.15) is 53.7 Å². The number of hydrogen-bond acceptors (Lipinski definition) is 6. The highest BCUT2D eigenvalue weighted by Gasteiger charge is 2.30. The second kappa shape index (κ2) is 10.5. The predicted octanol–water partition coefficient (Wildman–Crippen LogP) is 5.17. The molecule has 1 N–H and O–H groups in total. The number of benzene rings is 2. The number of nitrogens with one attached hydrogen (secondary N) is 1. The van der Waals surface area contributed by atoms with Gasteiger partial charge in [0.05, 0.1) is 12.3 Å². The molecule has 8 heteroatoms. The fourth-order valence-electron chi connectivity index (χ4n) is 4.86. The Morgan fingerprint density at radius 1 is 1.00 bits per heavy atom. The molecular formula is C29H32N6O2. The summed E-state index contributed by atoms with van der Waals surface area (Å²) in [4.78, 5) is 18.5. The normalized spacial score (nSPS) is 12.6. The molecular weight excluding hydrogens is 464 g/mol. The van der Waals surface area contributed by atoms with E-state index < -0.39 is 0 Å². The van der Waals surface area contributed by atoms with Crippen LogP contribution >= 0.6 is 0 Å². The van der Waals surface area contributed by atoms with Crippen molar-refractivity contribution >= 4 is 10.9 Å². The Morgan fingerprint density at radius 3 is 2.51 bits per heavy atom. The van der Waals surface area contributed by atoms with Gasteiger partial charge in [-0.1, -0.05) is 55.3 Å². The molecule has 0 fully saturated rings. The third-order valence-corrected chi connectivity index (χ3v) is 6.69. The predicted molar refractivity (Wildman–Crippen MR) is 143 cm³/mol. The number of fused-ring (bicyclic) bond motifs is 1. The van der Waals surface area contributed by atoms with E-state index in [0.717, 1.165) is 33.6 Å². The molecule has 37 heavy (non-hydrogen) atoms. The number of aryl methyl sites for hydroxylation is 2.